The van der Waals surface area contributed by atoms with E-state index in [0.717, 1.165) is 6.29 Å². The molecule has 5 heteroatoms. The molecule has 19 heavy (non-hydrogen) atoms. The molecule has 0 aromatic heterocycles. The molecule has 0 bridgehead atoms. The highest BCUT2D eigenvalue weighted by atomic mass is 16.4. The molecule has 0 spiro atoms. The fourth-order valence-electron chi connectivity index (χ4n) is 2.82. The van der Waals surface area contributed by atoms with Gasteiger partial charge in [0.15, 0.2) is 0 Å². The summed E-state index contributed by atoms with van der Waals surface area (Å²) in [7, 11) is 0. The van der Waals surface area contributed by atoms with Crippen molar-refractivity contribution in [1.82, 2.24) is 5.32 Å². The quantitative estimate of drug-likeness (QED) is 0.452. The third-order valence-electron chi connectivity index (χ3n) is 3.84. The molecule has 0 amide bonds. The molecule has 5 nitrogen and oxygen atoms in total. The Hall–Kier alpha value is -1.39. The van der Waals surface area contributed by atoms with Crippen LogP contribution in [0.1, 0.15) is 41.5 Å². The van der Waals surface area contributed by atoms with Gasteiger partial charge in [-0.15, -0.1) is 0 Å². The van der Waals surface area contributed by atoms with Crippen LogP contribution in [0, 0.1) is 16.7 Å². The minimum absolute atomic E-state index is 0.0267. The average Bonchev–Trinajstić information content (AvgIpc) is 2.73. The smallest absolute Gasteiger partial charge is 0.318 e. The van der Waals surface area contributed by atoms with Gasteiger partial charge in [-0.05, 0) is 33.1 Å². The van der Waals surface area contributed by atoms with Crippen LogP contribution in [0.3, 0.4) is 0 Å². The first-order chi connectivity index (χ1) is 8.62. The number of carboxylic acids is 1. The van der Waals surface area contributed by atoms with Crippen molar-refractivity contribution >= 4 is 18.1 Å². The molecule has 0 saturated heterocycles. The highest BCUT2D eigenvalue weighted by Crippen LogP contribution is 2.68. The standard InChI is InChI=1S/C14H24N2O3/c1-8(2)15-11(16-9(3)4)14(12(18)19)10(7-17)13(14,5)6/h7-10H,1-6H3,(H,15,16)(H,18,19). The lowest BCUT2D eigenvalue weighted by molar-refractivity contribution is -0.142. The number of aliphatic carboxylic acids is 1. The fourth-order valence-corrected chi connectivity index (χ4v) is 2.82. The summed E-state index contributed by atoms with van der Waals surface area (Å²) in [5.41, 5.74) is -1.83. The molecule has 1 saturated carbocycles. The number of rotatable bonds is 5. The highest BCUT2D eigenvalue weighted by Gasteiger charge is 2.79. The summed E-state index contributed by atoms with van der Waals surface area (Å²) >= 11 is 0. The van der Waals surface area contributed by atoms with E-state index in [0.29, 0.717) is 5.84 Å². The molecule has 2 N–H and O–H groups in total. The van der Waals surface area contributed by atoms with Gasteiger partial charge in [-0.1, -0.05) is 13.8 Å². The minimum atomic E-state index is -1.22. The molecule has 0 aliphatic heterocycles. The summed E-state index contributed by atoms with van der Waals surface area (Å²) in [6, 6.07) is 0.0404. The number of nitrogens with zero attached hydrogens (tertiary/aromatic N) is 1. The first-order valence-electron chi connectivity index (χ1n) is 6.65. The van der Waals surface area contributed by atoms with Crippen LogP contribution in [0.15, 0.2) is 4.99 Å². The minimum Gasteiger partial charge on any atom is -0.480 e. The van der Waals surface area contributed by atoms with Crippen LogP contribution >= 0.6 is 0 Å². The average molecular weight is 268 g/mol. The number of carbonyl (C=O) groups is 2. The van der Waals surface area contributed by atoms with E-state index < -0.39 is 22.7 Å². The molecule has 1 aliphatic rings. The van der Waals surface area contributed by atoms with Crippen LogP contribution in [-0.4, -0.2) is 35.3 Å². The normalized spacial score (nSPS) is 29.5. The van der Waals surface area contributed by atoms with E-state index in [1.165, 1.54) is 0 Å². The molecule has 108 valence electrons. The van der Waals surface area contributed by atoms with Crippen molar-refractivity contribution in [1.29, 1.82) is 0 Å². The van der Waals surface area contributed by atoms with Crippen LogP contribution in [0.4, 0.5) is 0 Å². The van der Waals surface area contributed by atoms with Crippen LogP contribution < -0.4 is 5.32 Å². The van der Waals surface area contributed by atoms with E-state index >= 15 is 0 Å². The third kappa shape index (κ3) is 2.26. The van der Waals surface area contributed by atoms with Crippen molar-refractivity contribution in [2.24, 2.45) is 21.7 Å². The van der Waals surface area contributed by atoms with Gasteiger partial charge in [-0.2, -0.15) is 0 Å². The predicted octanol–water partition coefficient (Wildman–Crippen LogP) is 1.72. The van der Waals surface area contributed by atoms with Gasteiger partial charge in [-0.3, -0.25) is 9.79 Å². The van der Waals surface area contributed by atoms with Crippen molar-refractivity contribution in [3.63, 3.8) is 0 Å². The molecule has 1 rings (SSSR count). The van der Waals surface area contributed by atoms with Crippen LogP contribution in [0.25, 0.3) is 0 Å². The van der Waals surface area contributed by atoms with E-state index in [2.05, 4.69) is 10.3 Å². The van der Waals surface area contributed by atoms with Crippen molar-refractivity contribution in [2.75, 3.05) is 0 Å². The van der Waals surface area contributed by atoms with Gasteiger partial charge >= 0.3 is 5.97 Å². The monoisotopic (exact) mass is 268 g/mol. The van der Waals surface area contributed by atoms with Crippen molar-refractivity contribution < 1.29 is 14.7 Å². The first-order valence-corrected chi connectivity index (χ1v) is 6.65. The van der Waals surface area contributed by atoms with E-state index in [9.17, 15) is 14.7 Å². The van der Waals surface area contributed by atoms with E-state index in [1.54, 1.807) is 13.8 Å². The zero-order valence-corrected chi connectivity index (χ0v) is 12.5. The summed E-state index contributed by atoms with van der Waals surface area (Å²) in [5, 5.41) is 12.8. The number of amidine groups is 1. The number of hydrogen-bond acceptors (Lipinski definition) is 3. The molecule has 1 aliphatic carbocycles. The van der Waals surface area contributed by atoms with Crippen LogP contribution in [-0.2, 0) is 9.59 Å². The SMILES string of the molecule is CC(C)N=C(NC(C)C)C1(C(=O)O)C(C=O)C1(C)C. The van der Waals surface area contributed by atoms with Gasteiger partial charge in [0.1, 0.15) is 17.5 Å². The number of aldehydes is 1. The zero-order chi connectivity index (χ0) is 15.0. The van der Waals surface area contributed by atoms with Crippen molar-refractivity contribution in [2.45, 2.75) is 53.6 Å². The Labute approximate surface area is 114 Å². The second-order valence-electron chi connectivity index (χ2n) is 6.32. The van der Waals surface area contributed by atoms with Crippen LogP contribution in [0.2, 0.25) is 0 Å². The molecule has 0 aromatic rings. The van der Waals surface area contributed by atoms with Gasteiger partial charge in [0, 0.05) is 18.0 Å². The molecule has 0 heterocycles. The van der Waals surface area contributed by atoms with E-state index in [-0.39, 0.29) is 12.1 Å². The Morgan fingerprint density at radius 3 is 2.11 bits per heavy atom. The lowest BCUT2D eigenvalue weighted by Gasteiger charge is -2.23. The Kier molecular flexibility index (Phi) is 4.08. The maximum Gasteiger partial charge on any atom is 0.318 e. The number of carbonyl (C=O) groups excluding carboxylic acids is 1. The maximum atomic E-state index is 11.8. The maximum absolute atomic E-state index is 11.8. The van der Waals surface area contributed by atoms with E-state index in [4.69, 9.17) is 0 Å². The van der Waals surface area contributed by atoms with E-state index in [1.807, 2.05) is 27.7 Å². The Bertz CT molecular complexity index is 413. The number of hydrogen-bond donors (Lipinski definition) is 2. The topological polar surface area (TPSA) is 78.8 Å². The second-order valence-corrected chi connectivity index (χ2v) is 6.32. The Morgan fingerprint density at radius 2 is 1.84 bits per heavy atom. The van der Waals surface area contributed by atoms with Gasteiger partial charge < -0.3 is 15.2 Å². The molecular weight excluding hydrogens is 244 g/mol. The summed E-state index contributed by atoms with van der Waals surface area (Å²) in [5.74, 6) is -1.10. The zero-order valence-electron chi connectivity index (χ0n) is 12.5. The number of carboxylic acid groups (broad SMARTS) is 1. The number of aliphatic imine (C=N–C) groups is 1. The Balaban J connectivity index is 3.32. The van der Waals surface area contributed by atoms with Gasteiger partial charge in [-0.25, -0.2) is 0 Å². The largest absolute Gasteiger partial charge is 0.480 e. The first kappa shape index (κ1) is 15.7. The molecule has 2 atom stereocenters. The highest BCUT2D eigenvalue weighted by molar-refractivity contribution is 6.13. The molecular formula is C14H24N2O3. The predicted molar refractivity (Wildman–Crippen MR) is 74.2 cm³/mol. The van der Waals surface area contributed by atoms with Gasteiger partial charge in [0.2, 0.25) is 0 Å². The second kappa shape index (κ2) is 4.94. The molecule has 0 radical (unpaired) electrons. The fraction of sp³-hybridized carbons (Fsp3) is 0.786. The van der Waals surface area contributed by atoms with Gasteiger partial charge in [0.25, 0.3) is 0 Å². The van der Waals surface area contributed by atoms with Crippen molar-refractivity contribution in [3.8, 4) is 0 Å². The lowest BCUT2D eigenvalue weighted by atomic mass is 9.93. The van der Waals surface area contributed by atoms with Crippen LogP contribution in [0.5, 0.6) is 0 Å². The number of nitrogens with one attached hydrogen (secondary N) is 1. The molecule has 2 unspecified atom stereocenters. The summed E-state index contributed by atoms with van der Waals surface area (Å²) in [4.78, 5) is 27.5. The van der Waals surface area contributed by atoms with Crippen molar-refractivity contribution in [3.05, 3.63) is 0 Å². The van der Waals surface area contributed by atoms with Gasteiger partial charge in [0.05, 0.1) is 0 Å². The Morgan fingerprint density at radius 1 is 1.32 bits per heavy atom. The third-order valence-corrected chi connectivity index (χ3v) is 3.84. The lowest BCUT2D eigenvalue weighted by Crippen LogP contribution is -2.44. The summed E-state index contributed by atoms with van der Waals surface area (Å²) in [6.45, 7) is 11.2. The summed E-state index contributed by atoms with van der Waals surface area (Å²) < 4.78 is 0. The molecule has 0 aromatic carbocycles. The molecule has 1 fully saturated rings. The summed E-state index contributed by atoms with van der Waals surface area (Å²) in [6.07, 6.45) is 0.742.